The molecule has 1 heterocycles. The van der Waals surface area contributed by atoms with Gasteiger partial charge >= 0.3 is 0 Å². The summed E-state index contributed by atoms with van der Waals surface area (Å²) in [4.78, 5) is 17.9. The van der Waals surface area contributed by atoms with Gasteiger partial charge in [-0.25, -0.2) is 4.98 Å². The van der Waals surface area contributed by atoms with Crippen LogP contribution in [-0.2, 0) is 6.42 Å². The number of aromatic amines is 1. The standard InChI is InChI=1S/C14H10BrN3O2/c15-10-3-1-9(2-4-10)7-14-16-12-6-5-11(18(19)20)8-13(12)17-14/h1-6,8H,7H2,(H,16,17). The van der Waals surface area contributed by atoms with Gasteiger partial charge in [0.1, 0.15) is 5.82 Å². The molecule has 0 unspecified atom stereocenters. The van der Waals surface area contributed by atoms with E-state index in [1.165, 1.54) is 12.1 Å². The number of nitro groups is 1. The van der Waals surface area contributed by atoms with Gasteiger partial charge in [0.2, 0.25) is 0 Å². The fraction of sp³-hybridized carbons (Fsp3) is 0.0714. The predicted octanol–water partition coefficient (Wildman–Crippen LogP) is 3.82. The Morgan fingerprint density at radius 3 is 2.65 bits per heavy atom. The third kappa shape index (κ3) is 2.55. The number of aromatic nitrogens is 2. The predicted molar refractivity (Wildman–Crippen MR) is 79.7 cm³/mol. The van der Waals surface area contributed by atoms with Gasteiger partial charge in [-0.05, 0) is 23.8 Å². The molecule has 0 spiro atoms. The Kier molecular flexibility index (Phi) is 3.23. The van der Waals surface area contributed by atoms with E-state index < -0.39 is 4.92 Å². The Hall–Kier alpha value is -2.21. The van der Waals surface area contributed by atoms with Gasteiger partial charge in [-0.2, -0.15) is 0 Å². The Bertz CT molecular complexity index is 781. The average molecular weight is 332 g/mol. The Balaban J connectivity index is 1.92. The second-order valence-corrected chi connectivity index (χ2v) is 5.36. The van der Waals surface area contributed by atoms with Crippen LogP contribution in [0.2, 0.25) is 0 Å². The molecule has 0 saturated heterocycles. The van der Waals surface area contributed by atoms with Gasteiger partial charge < -0.3 is 4.98 Å². The zero-order valence-electron chi connectivity index (χ0n) is 10.3. The minimum absolute atomic E-state index is 0.0661. The molecule has 2 aromatic carbocycles. The first kappa shape index (κ1) is 12.8. The normalized spacial score (nSPS) is 10.8. The van der Waals surface area contributed by atoms with Crippen LogP contribution in [0.4, 0.5) is 5.69 Å². The Labute approximate surface area is 122 Å². The van der Waals surface area contributed by atoms with Crippen LogP contribution in [0.3, 0.4) is 0 Å². The highest BCUT2D eigenvalue weighted by atomic mass is 79.9. The van der Waals surface area contributed by atoms with Crippen molar-refractivity contribution in [1.82, 2.24) is 9.97 Å². The molecule has 0 saturated carbocycles. The summed E-state index contributed by atoms with van der Waals surface area (Å²) in [6, 6.07) is 12.6. The number of hydrogen-bond donors (Lipinski definition) is 1. The van der Waals surface area contributed by atoms with Crippen molar-refractivity contribution in [3.8, 4) is 0 Å². The van der Waals surface area contributed by atoms with Crippen molar-refractivity contribution in [1.29, 1.82) is 0 Å². The van der Waals surface area contributed by atoms with E-state index in [0.29, 0.717) is 11.9 Å². The van der Waals surface area contributed by atoms with Gasteiger partial charge in [0.05, 0.1) is 16.0 Å². The lowest BCUT2D eigenvalue weighted by Crippen LogP contribution is -1.89. The molecule has 0 amide bonds. The minimum Gasteiger partial charge on any atom is -0.341 e. The zero-order valence-corrected chi connectivity index (χ0v) is 11.9. The first-order valence-corrected chi connectivity index (χ1v) is 6.78. The second kappa shape index (κ2) is 5.05. The first-order chi connectivity index (χ1) is 9.61. The van der Waals surface area contributed by atoms with Crippen molar-refractivity contribution in [2.45, 2.75) is 6.42 Å². The molecule has 1 N–H and O–H groups in total. The SMILES string of the molecule is O=[N+]([O-])c1ccc2nc(Cc3ccc(Br)cc3)[nH]c2c1. The van der Waals surface area contributed by atoms with Crippen LogP contribution in [0, 0.1) is 10.1 Å². The number of non-ortho nitro benzene ring substituents is 1. The number of benzene rings is 2. The molecular weight excluding hydrogens is 322 g/mol. The van der Waals surface area contributed by atoms with E-state index in [2.05, 4.69) is 25.9 Å². The monoisotopic (exact) mass is 331 g/mol. The number of imidazole rings is 1. The van der Waals surface area contributed by atoms with Gasteiger partial charge in [0.25, 0.3) is 5.69 Å². The molecule has 0 radical (unpaired) electrons. The van der Waals surface area contributed by atoms with Crippen molar-refractivity contribution in [2.75, 3.05) is 0 Å². The molecule has 3 aromatic rings. The van der Waals surface area contributed by atoms with Gasteiger partial charge in [-0.15, -0.1) is 0 Å². The number of H-pyrrole nitrogens is 1. The molecule has 100 valence electrons. The third-order valence-electron chi connectivity index (χ3n) is 3.01. The van der Waals surface area contributed by atoms with Crippen LogP contribution in [0.5, 0.6) is 0 Å². The molecule has 0 aliphatic rings. The van der Waals surface area contributed by atoms with Gasteiger partial charge in [-0.1, -0.05) is 28.1 Å². The fourth-order valence-corrected chi connectivity index (χ4v) is 2.31. The maximum absolute atomic E-state index is 10.7. The van der Waals surface area contributed by atoms with E-state index in [1.54, 1.807) is 6.07 Å². The highest BCUT2D eigenvalue weighted by Gasteiger charge is 2.09. The van der Waals surface area contributed by atoms with Crippen molar-refractivity contribution >= 4 is 32.7 Å². The largest absolute Gasteiger partial charge is 0.341 e. The van der Waals surface area contributed by atoms with Crippen molar-refractivity contribution in [2.24, 2.45) is 0 Å². The zero-order chi connectivity index (χ0) is 14.1. The summed E-state index contributed by atoms with van der Waals surface area (Å²) >= 11 is 3.39. The minimum atomic E-state index is -0.408. The molecule has 6 heteroatoms. The quantitative estimate of drug-likeness (QED) is 0.585. The van der Waals surface area contributed by atoms with Crippen molar-refractivity contribution in [3.63, 3.8) is 0 Å². The summed E-state index contributed by atoms with van der Waals surface area (Å²) in [5, 5.41) is 10.7. The molecule has 0 aliphatic carbocycles. The highest BCUT2D eigenvalue weighted by molar-refractivity contribution is 9.10. The topological polar surface area (TPSA) is 71.8 Å². The lowest BCUT2D eigenvalue weighted by Gasteiger charge is -1.97. The Morgan fingerprint density at radius 2 is 1.95 bits per heavy atom. The maximum Gasteiger partial charge on any atom is 0.271 e. The van der Waals surface area contributed by atoms with E-state index >= 15 is 0 Å². The Morgan fingerprint density at radius 1 is 1.20 bits per heavy atom. The molecule has 20 heavy (non-hydrogen) atoms. The van der Waals surface area contributed by atoms with Crippen molar-refractivity contribution < 1.29 is 4.92 Å². The second-order valence-electron chi connectivity index (χ2n) is 4.45. The maximum atomic E-state index is 10.7. The summed E-state index contributed by atoms with van der Waals surface area (Å²) < 4.78 is 1.03. The van der Waals surface area contributed by atoms with Crippen LogP contribution in [0.15, 0.2) is 46.9 Å². The first-order valence-electron chi connectivity index (χ1n) is 5.99. The summed E-state index contributed by atoms with van der Waals surface area (Å²) in [7, 11) is 0. The lowest BCUT2D eigenvalue weighted by atomic mass is 10.1. The molecule has 0 fully saturated rings. The van der Waals surface area contributed by atoms with Gasteiger partial charge in [0, 0.05) is 23.0 Å². The third-order valence-corrected chi connectivity index (χ3v) is 3.54. The van der Waals surface area contributed by atoms with E-state index in [1.807, 2.05) is 24.3 Å². The van der Waals surface area contributed by atoms with Crippen LogP contribution in [-0.4, -0.2) is 14.9 Å². The van der Waals surface area contributed by atoms with Crippen LogP contribution in [0.1, 0.15) is 11.4 Å². The molecular formula is C14H10BrN3O2. The number of nitrogens with one attached hydrogen (secondary N) is 1. The van der Waals surface area contributed by atoms with Gasteiger partial charge in [-0.3, -0.25) is 10.1 Å². The average Bonchev–Trinajstić information content (AvgIpc) is 2.82. The van der Waals surface area contributed by atoms with Crippen LogP contribution < -0.4 is 0 Å². The highest BCUT2D eigenvalue weighted by Crippen LogP contribution is 2.20. The number of hydrogen-bond acceptors (Lipinski definition) is 3. The van der Waals surface area contributed by atoms with Crippen molar-refractivity contribution in [3.05, 3.63) is 68.4 Å². The number of nitro benzene ring substituents is 1. The van der Waals surface area contributed by atoms with E-state index in [0.717, 1.165) is 21.4 Å². The van der Waals surface area contributed by atoms with E-state index in [-0.39, 0.29) is 5.69 Å². The molecule has 0 aliphatic heterocycles. The van der Waals surface area contributed by atoms with E-state index in [4.69, 9.17) is 0 Å². The number of fused-ring (bicyclic) bond motifs is 1. The van der Waals surface area contributed by atoms with E-state index in [9.17, 15) is 10.1 Å². The number of nitrogens with zero attached hydrogens (tertiary/aromatic N) is 2. The summed E-state index contributed by atoms with van der Waals surface area (Å²) in [6.07, 6.45) is 0.662. The summed E-state index contributed by atoms with van der Waals surface area (Å²) in [5.74, 6) is 0.794. The molecule has 0 atom stereocenters. The molecule has 1 aromatic heterocycles. The molecule has 0 bridgehead atoms. The number of halogens is 1. The smallest absolute Gasteiger partial charge is 0.271 e. The molecule has 5 nitrogen and oxygen atoms in total. The van der Waals surface area contributed by atoms with Crippen LogP contribution in [0.25, 0.3) is 11.0 Å². The fourth-order valence-electron chi connectivity index (χ4n) is 2.04. The van der Waals surface area contributed by atoms with Crippen LogP contribution >= 0.6 is 15.9 Å². The number of rotatable bonds is 3. The molecule has 3 rings (SSSR count). The summed E-state index contributed by atoms with van der Waals surface area (Å²) in [6.45, 7) is 0. The lowest BCUT2D eigenvalue weighted by molar-refractivity contribution is -0.384. The summed E-state index contributed by atoms with van der Waals surface area (Å²) in [5.41, 5.74) is 2.62. The van der Waals surface area contributed by atoms with Gasteiger partial charge in [0.15, 0.2) is 0 Å².